The fourth-order valence-electron chi connectivity index (χ4n) is 1.44. The lowest BCUT2D eigenvalue weighted by atomic mass is 9.85. The van der Waals surface area contributed by atoms with Crippen molar-refractivity contribution < 1.29 is 9.90 Å². The van der Waals surface area contributed by atoms with Gasteiger partial charge in [-0.05, 0) is 19.3 Å². The third kappa shape index (κ3) is 2.30. The Hall–Kier alpha value is 0.160. The number of hydrogen-bond donors (Lipinski definition) is 1. The number of hydrogen-bond acceptors (Lipinski definition) is 2. The number of alkyl halides is 1. The van der Waals surface area contributed by atoms with Crippen LogP contribution in [-0.2, 0) is 4.79 Å². The number of nitrogens with two attached hydrogens (primary N) is 1. The lowest BCUT2D eigenvalue weighted by Crippen LogP contribution is -2.40. The summed E-state index contributed by atoms with van der Waals surface area (Å²) in [6, 6.07) is -0.0639. The number of carbonyl (C=O) groups excluding carboxylic acids is 1. The molecule has 1 saturated carbocycles. The van der Waals surface area contributed by atoms with Crippen molar-refractivity contribution in [3.05, 3.63) is 0 Å². The van der Waals surface area contributed by atoms with E-state index in [-0.39, 0.29) is 12.0 Å². The largest absolute Gasteiger partial charge is 0.564 e. The number of carbonyl (C=O) groups is 1. The normalized spacial score (nSPS) is 38.5. The summed E-state index contributed by atoms with van der Waals surface area (Å²) in [4.78, 5) is 10.7. The Bertz CT molecular complexity index is 163. The summed E-state index contributed by atoms with van der Waals surface area (Å²) in [6.07, 6.45) is 2.78. The lowest BCUT2D eigenvalue weighted by Gasteiger charge is -2.25. The molecule has 1 fully saturated rings. The molecule has 3 atom stereocenters. The highest BCUT2D eigenvalue weighted by atomic mass is 127. The standard InChI is InChI=1S/C7H12INO2/c8-4-1-2-6(9)5(3-4)7(10)11/h4-6H,1-3,9H2,(H,10,11)/p+1. The smallest absolute Gasteiger partial charge is 0.520 e. The van der Waals surface area contributed by atoms with Crippen molar-refractivity contribution in [2.75, 3.05) is 0 Å². The van der Waals surface area contributed by atoms with Gasteiger partial charge < -0.3 is 10.8 Å². The van der Waals surface area contributed by atoms with Crippen LogP contribution in [0.4, 0.5) is 0 Å². The molecule has 0 radical (unpaired) electrons. The summed E-state index contributed by atoms with van der Waals surface area (Å²) in [5, 5.41) is 6.97. The second kappa shape index (κ2) is 3.71. The predicted molar refractivity (Wildman–Crippen MR) is 51.7 cm³/mol. The zero-order chi connectivity index (χ0) is 8.43. The summed E-state index contributed by atoms with van der Waals surface area (Å²) in [7, 11) is 0. The first-order valence-corrected chi connectivity index (χ1v) is 5.01. The molecule has 4 N–H and O–H groups in total. The third-order valence-corrected chi connectivity index (χ3v) is 3.31. The van der Waals surface area contributed by atoms with Gasteiger partial charge in [-0.2, -0.15) is 0 Å². The molecule has 64 valence electrons. The monoisotopic (exact) mass is 270 g/mol. The zero-order valence-corrected chi connectivity index (χ0v) is 8.37. The molecular weight excluding hydrogens is 257 g/mol. The Balaban J connectivity index is 2.54. The van der Waals surface area contributed by atoms with Gasteiger partial charge in [-0.15, -0.1) is 0 Å². The average molecular weight is 270 g/mol. The molecule has 0 aromatic rings. The molecule has 11 heavy (non-hydrogen) atoms. The van der Waals surface area contributed by atoms with Crippen LogP contribution in [0.5, 0.6) is 0 Å². The predicted octanol–water partition coefficient (Wildman–Crippen LogP) is 0.169. The third-order valence-electron chi connectivity index (χ3n) is 2.18. The Labute approximate surface area is 79.5 Å². The second-order valence-electron chi connectivity index (χ2n) is 3.04. The van der Waals surface area contributed by atoms with Gasteiger partial charge in [-0.25, -0.2) is 0 Å². The van der Waals surface area contributed by atoms with Gasteiger partial charge in [0, 0.05) is 14.8 Å². The van der Waals surface area contributed by atoms with Gasteiger partial charge in [0.1, 0.15) is 5.92 Å². The van der Waals surface area contributed by atoms with Crippen LogP contribution in [0.25, 0.3) is 0 Å². The molecule has 0 aliphatic heterocycles. The van der Waals surface area contributed by atoms with Crippen LogP contribution in [0, 0.1) is 5.92 Å². The first-order chi connectivity index (χ1) is 5.11. The van der Waals surface area contributed by atoms with Crippen molar-refractivity contribution in [1.29, 1.82) is 0 Å². The quantitative estimate of drug-likeness (QED) is 0.419. The molecule has 1 aliphatic carbocycles. The molecule has 1 aliphatic rings. The van der Waals surface area contributed by atoms with Gasteiger partial charge in [0.15, 0.2) is 0 Å². The van der Waals surface area contributed by atoms with Gasteiger partial charge in [0.2, 0.25) is 0 Å². The molecule has 0 spiro atoms. The van der Waals surface area contributed by atoms with E-state index in [2.05, 4.69) is 22.6 Å². The van der Waals surface area contributed by atoms with Crippen molar-refractivity contribution in [2.45, 2.75) is 29.2 Å². The highest BCUT2D eigenvalue weighted by Gasteiger charge is 2.36. The number of rotatable bonds is 1. The molecule has 0 aromatic carbocycles. The maximum absolute atomic E-state index is 10.7. The van der Waals surface area contributed by atoms with E-state index in [1.165, 1.54) is 0 Å². The zero-order valence-electron chi connectivity index (χ0n) is 6.22. The van der Waals surface area contributed by atoms with E-state index in [0.717, 1.165) is 19.3 Å². The van der Waals surface area contributed by atoms with Gasteiger partial charge >= 0.3 is 5.97 Å². The summed E-state index contributed by atoms with van der Waals surface area (Å²) in [5.74, 6) is -0.690. The van der Waals surface area contributed by atoms with Gasteiger partial charge in [-0.1, -0.05) is 22.6 Å². The van der Waals surface area contributed by atoms with Crippen LogP contribution in [0.3, 0.4) is 0 Å². The van der Waals surface area contributed by atoms with E-state index in [1.807, 2.05) is 0 Å². The SMILES string of the molecule is NC1CCC(I)CC1C(=O)[OH2+]. The molecule has 1 rings (SSSR count). The average Bonchev–Trinajstić information content (AvgIpc) is 1.94. The van der Waals surface area contributed by atoms with E-state index in [4.69, 9.17) is 10.8 Å². The van der Waals surface area contributed by atoms with Gasteiger partial charge in [0.05, 0.1) is 0 Å². The van der Waals surface area contributed by atoms with Crippen molar-refractivity contribution >= 4 is 28.6 Å². The van der Waals surface area contributed by atoms with E-state index in [9.17, 15) is 4.79 Å². The maximum Gasteiger partial charge on any atom is 0.520 e. The van der Waals surface area contributed by atoms with E-state index in [1.54, 1.807) is 0 Å². The van der Waals surface area contributed by atoms with Crippen LogP contribution >= 0.6 is 22.6 Å². The molecule has 3 unspecified atom stereocenters. The molecule has 4 heteroatoms. The van der Waals surface area contributed by atoms with Crippen LogP contribution in [-0.4, -0.2) is 21.0 Å². The Morgan fingerprint density at radius 2 is 2.18 bits per heavy atom. The molecule has 0 bridgehead atoms. The van der Waals surface area contributed by atoms with Crippen molar-refractivity contribution in [1.82, 2.24) is 0 Å². The van der Waals surface area contributed by atoms with E-state index < -0.39 is 5.97 Å². The maximum atomic E-state index is 10.7. The van der Waals surface area contributed by atoms with Crippen LogP contribution in [0.15, 0.2) is 0 Å². The first kappa shape index (κ1) is 9.25. The molecule has 3 nitrogen and oxygen atoms in total. The second-order valence-corrected chi connectivity index (χ2v) is 4.81. The Morgan fingerprint density at radius 1 is 1.55 bits per heavy atom. The highest BCUT2D eigenvalue weighted by Crippen LogP contribution is 2.28. The minimum Gasteiger partial charge on any atom is -0.564 e. The summed E-state index contributed by atoms with van der Waals surface area (Å²) in [5.41, 5.74) is 5.70. The Kier molecular flexibility index (Phi) is 3.12. The minimum atomic E-state index is -0.487. The molecule has 0 amide bonds. The van der Waals surface area contributed by atoms with Crippen molar-refractivity contribution in [3.63, 3.8) is 0 Å². The fraction of sp³-hybridized carbons (Fsp3) is 0.857. The Morgan fingerprint density at radius 3 is 2.64 bits per heavy atom. The highest BCUT2D eigenvalue weighted by molar-refractivity contribution is 14.1. The van der Waals surface area contributed by atoms with Crippen LogP contribution < -0.4 is 5.73 Å². The minimum absolute atomic E-state index is 0.0639. The molecule has 0 aromatic heterocycles. The lowest BCUT2D eigenvalue weighted by molar-refractivity contribution is -0.143. The van der Waals surface area contributed by atoms with E-state index >= 15 is 0 Å². The van der Waals surface area contributed by atoms with Crippen LogP contribution in [0.2, 0.25) is 0 Å². The van der Waals surface area contributed by atoms with Crippen molar-refractivity contribution in [3.8, 4) is 0 Å². The molecule has 0 heterocycles. The van der Waals surface area contributed by atoms with E-state index in [0.29, 0.717) is 3.92 Å². The molecular formula is C7H13INO2+. The van der Waals surface area contributed by atoms with Gasteiger partial charge in [0.25, 0.3) is 0 Å². The first-order valence-electron chi connectivity index (χ1n) is 3.76. The van der Waals surface area contributed by atoms with Crippen molar-refractivity contribution in [2.24, 2.45) is 11.7 Å². The topological polar surface area (TPSA) is 66.0 Å². The summed E-state index contributed by atoms with van der Waals surface area (Å²) < 4.78 is 0.534. The number of halogens is 1. The fourth-order valence-corrected chi connectivity index (χ4v) is 2.35. The summed E-state index contributed by atoms with van der Waals surface area (Å²) >= 11 is 2.32. The summed E-state index contributed by atoms with van der Waals surface area (Å²) in [6.45, 7) is 0. The molecule has 0 saturated heterocycles. The van der Waals surface area contributed by atoms with Gasteiger partial charge in [-0.3, -0.25) is 0 Å². The van der Waals surface area contributed by atoms with Crippen LogP contribution in [0.1, 0.15) is 19.3 Å².